The molecule has 0 aromatic carbocycles. The van der Waals surface area contributed by atoms with Gasteiger partial charge in [-0.3, -0.25) is 4.79 Å². The first-order chi connectivity index (χ1) is 6.59. The number of hydrogen-bond acceptors (Lipinski definition) is 4. The zero-order valence-electron chi connectivity index (χ0n) is 8.32. The summed E-state index contributed by atoms with van der Waals surface area (Å²) in [5.74, 6) is 0.629. The quantitative estimate of drug-likeness (QED) is 0.737. The van der Waals surface area contributed by atoms with Gasteiger partial charge in [-0.2, -0.15) is 0 Å². The third-order valence-electron chi connectivity index (χ3n) is 1.61. The van der Waals surface area contributed by atoms with Gasteiger partial charge < -0.3 is 11.1 Å². The minimum Gasteiger partial charge on any atom is -0.368 e. The fraction of sp³-hybridized carbons (Fsp3) is 0.444. The van der Waals surface area contributed by atoms with E-state index in [1.807, 2.05) is 0 Å². The topological polar surface area (TPSA) is 80.9 Å². The SMILES string of the molecule is CC(C)CNc1ccc(C(N)=O)nn1. The number of nitrogens with one attached hydrogen (secondary N) is 1. The molecule has 0 radical (unpaired) electrons. The Labute approximate surface area is 82.7 Å². The van der Waals surface area contributed by atoms with Crippen LogP contribution in [0.3, 0.4) is 0 Å². The third-order valence-corrected chi connectivity index (χ3v) is 1.61. The van der Waals surface area contributed by atoms with Crippen molar-refractivity contribution in [2.24, 2.45) is 11.7 Å². The van der Waals surface area contributed by atoms with Crippen molar-refractivity contribution in [2.75, 3.05) is 11.9 Å². The smallest absolute Gasteiger partial charge is 0.269 e. The predicted octanol–water partition coefficient (Wildman–Crippen LogP) is 0.643. The second-order valence-corrected chi connectivity index (χ2v) is 3.44. The van der Waals surface area contributed by atoms with Gasteiger partial charge in [-0.15, -0.1) is 10.2 Å². The number of carbonyl (C=O) groups excluding carboxylic acids is 1. The highest BCUT2D eigenvalue weighted by Gasteiger charge is 2.02. The number of nitrogens with zero attached hydrogens (tertiary/aromatic N) is 2. The van der Waals surface area contributed by atoms with Crippen LogP contribution in [0.15, 0.2) is 12.1 Å². The number of primary amides is 1. The van der Waals surface area contributed by atoms with Gasteiger partial charge in [0.2, 0.25) is 0 Å². The van der Waals surface area contributed by atoms with Gasteiger partial charge in [0.25, 0.3) is 5.91 Å². The number of amides is 1. The molecule has 1 aromatic rings. The summed E-state index contributed by atoms with van der Waals surface area (Å²) in [7, 11) is 0. The van der Waals surface area contributed by atoms with Crippen molar-refractivity contribution < 1.29 is 4.79 Å². The molecule has 0 aliphatic heterocycles. The average molecular weight is 194 g/mol. The van der Waals surface area contributed by atoms with E-state index < -0.39 is 5.91 Å². The first-order valence-electron chi connectivity index (χ1n) is 4.47. The summed E-state index contributed by atoms with van der Waals surface area (Å²) in [6, 6.07) is 3.24. The minimum absolute atomic E-state index is 0.181. The van der Waals surface area contributed by atoms with Gasteiger partial charge in [-0.05, 0) is 18.1 Å². The van der Waals surface area contributed by atoms with Crippen molar-refractivity contribution in [2.45, 2.75) is 13.8 Å². The highest BCUT2D eigenvalue weighted by Crippen LogP contribution is 2.02. The molecule has 0 aliphatic rings. The molecule has 0 fully saturated rings. The van der Waals surface area contributed by atoms with Gasteiger partial charge in [0, 0.05) is 6.54 Å². The lowest BCUT2D eigenvalue weighted by atomic mass is 10.2. The summed E-state index contributed by atoms with van der Waals surface area (Å²) >= 11 is 0. The van der Waals surface area contributed by atoms with Crippen LogP contribution < -0.4 is 11.1 Å². The fourth-order valence-electron chi connectivity index (χ4n) is 0.867. The Morgan fingerprint density at radius 1 is 1.50 bits per heavy atom. The molecule has 0 saturated carbocycles. The minimum atomic E-state index is -0.562. The van der Waals surface area contributed by atoms with E-state index in [1.54, 1.807) is 12.1 Å². The summed E-state index contributed by atoms with van der Waals surface area (Å²) in [4.78, 5) is 10.7. The molecule has 0 spiro atoms. The van der Waals surface area contributed by atoms with Gasteiger partial charge in [-0.25, -0.2) is 0 Å². The second kappa shape index (κ2) is 4.55. The standard InChI is InChI=1S/C9H14N4O/c1-6(2)5-11-8-4-3-7(9(10)14)12-13-8/h3-4,6H,5H2,1-2H3,(H2,10,14)(H,11,13). The maximum absolute atomic E-state index is 10.7. The Morgan fingerprint density at radius 3 is 2.64 bits per heavy atom. The molecule has 1 aromatic heterocycles. The van der Waals surface area contributed by atoms with Crippen LogP contribution >= 0.6 is 0 Å². The molecule has 1 heterocycles. The third kappa shape index (κ3) is 3.01. The second-order valence-electron chi connectivity index (χ2n) is 3.44. The van der Waals surface area contributed by atoms with Gasteiger partial charge in [0.05, 0.1) is 0 Å². The van der Waals surface area contributed by atoms with E-state index in [-0.39, 0.29) is 5.69 Å². The summed E-state index contributed by atoms with van der Waals surface area (Å²) in [6.45, 7) is 5.01. The Kier molecular flexibility index (Phi) is 3.39. The van der Waals surface area contributed by atoms with E-state index >= 15 is 0 Å². The molecule has 5 heteroatoms. The summed E-state index contributed by atoms with van der Waals surface area (Å²) in [6.07, 6.45) is 0. The highest BCUT2D eigenvalue weighted by molar-refractivity contribution is 5.90. The molecule has 0 saturated heterocycles. The first-order valence-corrected chi connectivity index (χ1v) is 4.47. The zero-order valence-corrected chi connectivity index (χ0v) is 8.32. The molecule has 0 atom stereocenters. The Morgan fingerprint density at radius 2 is 2.21 bits per heavy atom. The van der Waals surface area contributed by atoms with E-state index in [9.17, 15) is 4.79 Å². The summed E-state index contributed by atoms with van der Waals surface area (Å²) in [5, 5.41) is 10.6. The fourth-order valence-corrected chi connectivity index (χ4v) is 0.867. The van der Waals surface area contributed by atoms with Crippen molar-refractivity contribution in [3.05, 3.63) is 17.8 Å². The van der Waals surface area contributed by atoms with Crippen molar-refractivity contribution in [1.82, 2.24) is 10.2 Å². The molecule has 0 aliphatic carbocycles. The number of aromatic nitrogens is 2. The number of rotatable bonds is 4. The number of hydrogen-bond donors (Lipinski definition) is 2. The number of carbonyl (C=O) groups is 1. The molecule has 0 bridgehead atoms. The Hall–Kier alpha value is -1.65. The largest absolute Gasteiger partial charge is 0.368 e. The van der Waals surface area contributed by atoms with E-state index in [0.29, 0.717) is 11.7 Å². The Balaban J connectivity index is 2.60. The van der Waals surface area contributed by atoms with Crippen LogP contribution in [0.5, 0.6) is 0 Å². The molecule has 5 nitrogen and oxygen atoms in total. The predicted molar refractivity (Wildman–Crippen MR) is 53.9 cm³/mol. The van der Waals surface area contributed by atoms with Gasteiger partial charge in [-0.1, -0.05) is 13.8 Å². The molecule has 3 N–H and O–H groups in total. The van der Waals surface area contributed by atoms with E-state index in [0.717, 1.165) is 6.54 Å². The average Bonchev–Trinajstić information content (AvgIpc) is 2.15. The molecule has 1 rings (SSSR count). The van der Waals surface area contributed by atoms with Crippen LogP contribution in [0.2, 0.25) is 0 Å². The lowest BCUT2D eigenvalue weighted by molar-refractivity contribution is 0.0994. The molecule has 14 heavy (non-hydrogen) atoms. The lowest BCUT2D eigenvalue weighted by Gasteiger charge is -2.06. The van der Waals surface area contributed by atoms with Crippen LogP contribution in [-0.4, -0.2) is 22.6 Å². The molecule has 0 unspecified atom stereocenters. The van der Waals surface area contributed by atoms with E-state index in [2.05, 4.69) is 29.4 Å². The van der Waals surface area contributed by atoms with E-state index in [1.165, 1.54) is 0 Å². The van der Waals surface area contributed by atoms with Crippen LogP contribution in [0, 0.1) is 5.92 Å². The molecule has 1 amide bonds. The van der Waals surface area contributed by atoms with Gasteiger partial charge in [0.15, 0.2) is 5.69 Å². The molecular weight excluding hydrogens is 180 g/mol. The summed E-state index contributed by atoms with van der Waals surface area (Å²) in [5.41, 5.74) is 5.20. The van der Waals surface area contributed by atoms with Crippen molar-refractivity contribution in [3.8, 4) is 0 Å². The van der Waals surface area contributed by atoms with Crippen LogP contribution in [0.4, 0.5) is 5.82 Å². The molecule has 76 valence electrons. The highest BCUT2D eigenvalue weighted by atomic mass is 16.1. The van der Waals surface area contributed by atoms with Crippen LogP contribution in [0.25, 0.3) is 0 Å². The van der Waals surface area contributed by atoms with Crippen molar-refractivity contribution in [1.29, 1.82) is 0 Å². The maximum Gasteiger partial charge on any atom is 0.269 e. The van der Waals surface area contributed by atoms with Gasteiger partial charge in [0.1, 0.15) is 5.82 Å². The van der Waals surface area contributed by atoms with E-state index in [4.69, 9.17) is 5.73 Å². The monoisotopic (exact) mass is 194 g/mol. The normalized spacial score (nSPS) is 10.2. The lowest BCUT2D eigenvalue weighted by Crippen LogP contribution is -2.15. The van der Waals surface area contributed by atoms with Gasteiger partial charge >= 0.3 is 0 Å². The number of anilines is 1. The summed E-state index contributed by atoms with van der Waals surface area (Å²) < 4.78 is 0. The van der Waals surface area contributed by atoms with Crippen LogP contribution in [-0.2, 0) is 0 Å². The number of nitrogens with two attached hydrogens (primary N) is 1. The van der Waals surface area contributed by atoms with Crippen molar-refractivity contribution in [3.63, 3.8) is 0 Å². The first kappa shape index (κ1) is 10.4. The van der Waals surface area contributed by atoms with Crippen molar-refractivity contribution >= 4 is 11.7 Å². The maximum atomic E-state index is 10.7. The molecular formula is C9H14N4O. The van der Waals surface area contributed by atoms with Crippen LogP contribution in [0.1, 0.15) is 24.3 Å². The zero-order chi connectivity index (χ0) is 10.6. The Bertz CT molecular complexity index is 307.